The third-order valence-electron chi connectivity index (χ3n) is 2.65. The number of para-hydroxylation sites is 1. The van der Waals surface area contributed by atoms with Gasteiger partial charge in [-0.05, 0) is 41.4 Å². The molecule has 94 valence electrons. The molecule has 1 aromatic heterocycles. The molecule has 18 heavy (non-hydrogen) atoms. The molecule has 1 heterocycles. The number of aromatic hydroxyl groups is 2. The standard InChI is InChI=1S/C13H13NO3S/c1-8(9-5-6-18-7-9)14-13(17)10-3-2-4-11(15)12(10)16/h2-8,15-16H,1H3,(H,14,17). The SMILES string of the molecule is CC(NC(=O)c1cccc(O)c1O)c1ccsc1. The molecule has 5 heteroatoms. The van der Waals surface area contributed by atoms with Crippen LogP contribution in [0.4, 0.5) is 0 Å². The molecule has 0 aliphatic rings. The summed E-state index contributed by atoms with van der Waals surface area (Å²) in [6.07, 6.45) is 0. The van der Waals surface area contributed by atoms with E-state index in [-0.39, 0.29) is 17.4 Å². The highest BCUT2D eigenvalue weighted by atomic mass is 32.1. The van der Waals surface area contributed by atoms with Gasteiger partial charge in [0.2, 0.25) is 0 Å². The molecule has 0 fully saturated rings. The molecular weight excluding hydrogens is 250 g/mol. The quantitative estimate of drug-likeness (QED) is 0.746. The summed E-state index contributed by atoms with van der Waals surface area (Å²) >= 11 is 1.56. The zero-order valence-corrected chi connectivity index (χ0v) is 10.6. The summed E-state index contributed by atoms with van der Waals surface area (Å²) in [6.45, 7) is 1.86. The van der Waals surface area contributed by atoms with Gasteiger partial charge in [-0.25, -0.2) is 0 Å². The van der Waals surface area contributed by atoms with E-state index >= 15 is 0 Å². The third-order valence-corrected chi connectivity index (χ3v) is 3.35. The number of hydrogen-bond acceptors (Lipinski definition) is 4. The molecule has 2 rings (SSSR count). The number of amides is 1. The molecule has 0 aliphatic heterocycles. The number of phenols is 2. The van der Waals surface area contributed by atoms with Crippen LogP contribution in [-0.4, -0.2) is 16.1 Å². The molecule has 2 aromatic rings. The van der Waals surface area contributed by atoms with E-state index in [1.165, 1.54) is 18.2 Å². The number of thiophene rings is 1. The number of benzene rings is 1. The van der Waals surface area contributed by atoms with Crippen LogP contribution in [0.15, 0.2) is 35.0 Å². The monoisotopic (exact) mass is 263 g/mol. The maximum absolute atomic E-state index is 11.9. The Morgan fingerprint density at radius 1 is 1.33 bits per heavy atom. The first kappa shape index (κ1) is 12.4. The highest BCUT2D eigenvalue weighted by molar-refractivity contribution is 7.07. The Morgan fingerprint density at radius 3 is 2.78 bits per heavy atom. The van der Waals surface area contributed by atoms with Gasteiger partial charge in [0, 0.05) is 0 Å². The highest BCUT2D eigenvalue weighted by Crippen LogP contribution is 2.28. The number of phenolic OH excluding ortho intramolecular Hbond substituents is 2. The Bertz CT molecular complexity index is 551. The predicted molar refractivity (Wildman–Crippen MR) is 70.0 cm³/mol. The summed E-state index contributed by atoms with van der Waals surface area (Å²) < 4.78 is 0. The predicted octanol–water partition coefficient (Wildman–Crippen LogP) is 2.65. The van der Waals surface area contributed by atoms with Crippen LogP contribution in [0.1, 0.15) is 28.9 Å². The second-order valence-corrected chi connectivity index (χ2v) is 4.71. The Labute approximate surface area is 109 Å². The fourth-order valence-electron chi connectivity index (χ4n) is 1.59. The van der Waals surface area contributed by atoms with E-state index in [0.717, 1.165) is 5.56 Å². The van der Waals surface area contributed by atoms with Crippen molar-refractivity contribution in [2.45, 2.75) is 13.0 Å². The van der Waals surface area contributed by atoms with E-state index in [1.54, 1.807) is 11.3 Å². The molecule has 0 aliphatic carbocycles. The Morgan fingerprint density at radius 2 is 2.11 bits per heavy atom. The van der Waals surface area contributed by atoms with Crippen LogP contribution in [0, 0.1) is 0 Å². The highest BCUT2D eigenvalue weighted by Gasteiger charge is 2.16. The Kier molecular flexibility index (Phi) is 3.53. The second kappa shape index (κ2) is 5.10. The Hall–Kier alpha value is -2.01. The molecular formula is C13H13NO3S. The smallest absolute Gasteiger partial charge is 0.255 e. The lowest BCUT2D eigenvalue weighted by molar-refractivity contribution is 0.0936. The normalized spacial score (nSPS) is 12.1. The molecule has 4 nitrogen and oxygen atoms in total. The fourth-order valence-corrected chi connectivity index (χ4v) is 2.35. The summed E-state index contributed by atoms with van der Waals surface area (Å²) in [5.41, 5.74) is 1.07. The van der Waals surface area contributed by atoms with Crippen LogP contribution in [0.5, 0.6) is 11.5 Å². The van der Waals surface area contributed by atoms with Gasteiger partial charge in [0.05, 0.1) is 11.6 Å². The van der Waals surface area contributed by atoms with Crippen molar-refractivity contribution in [1.82, 2.24) is 5.32 Å². The van der Waals surface area contributed by atoms with E-state index in [2.05, 4.69) is 5.32 Å². The summed E-state index contributed by atoms with van der Waals surface area (Å²) in [5, 5.41) is 25.6. The number of carbonyl (C=O) groups excluding carboxylic acids is 1. The van der Waals surface area contributed by atoms with Crippen molar-refractivity contribution in [3.05, 3.63) is 46.2 Å². The van der Waals surface area contributed by atoms with Crippen LogP contribution in [0.25, 0.3) is 0 Å². The first-order chi connectivity index (χ1) is 8.59. The van der Waals surface area contributed by atoms with Gasteiger partial charge in [0.15, 0.2) is 11.5 Å². The van der Waals surface area contributed by atoms with Crippen LogP contribution in [0.3, 0.4) is 0 Å². The first-order valence-corrected chi connectivity index (χ1v) is 6.37. The minimum atomic E-state index is -0.415. The fraction of sp³-hybridized carbons (Fsp3) is 0.154. The minimum absolute atomic E-state index is 0.0667. The lowest BCUT2D eigenvalue weighted by atomic mass is 10.1. The second-order valence-electron chi connectivity index (χ2n) is 3.93. The maximum Gasteiger partial charge on any atom is 0.255 e. The Balaban J connectivity index is 2.15. The maximum atomic E-state index is 11.9. The summed E-state index contributed by atoms with van der Waals surface area (Å²) in [5.74, 6) is -1.11. The van der Waals surface area contributed by atoms with Crippen molar-refractivity contribution in [3.63, 3.8) is 0 Å². The molecule has 1 atom stereocenters. The number of hydrogen-bond donors (Lipinski definition) is 3. The number of nitrogens with one attached hydrogen (secondary N) is 1. The molecule has 1 amide bonds. The lowest BCUT2D eigenvalue weighted by Gasteiger charge is -2.13. The molecule has 3 N–H and O–H groups in total. The zero-order chi connectivity index (χ0) is 13.1. The van der Waals surface area contributed by atoms with E-state index in [4.69, 9.17) is 0 Å². The average Bonchev–Trinajstić information content (AvgIpc) is 2.86. The largest absolute Gasteiger partial charge is 0.504 e. The molecule has 0 saturated carbocycles. The zero-order valence-electron chi connectivity index (χ0n) is 9.75. The summed E-state index contributed by atoms with van der Waals surface area (Å²) in [6, 6.07) is 6.08. The van der Waals surface area contributed by atoms with Gasteiger partial charge < -0.3 is 15.5 Å². The number of carbonyl (C=O) groups is 1. The average molecular weight is 263 g/mol. The minimum Gasteiger partial charge on any atom is -0.504 e. The van der Waals surface area contributed by atoms with Crippen molar-refractivity contribution >= 4 is 17.2 Å². The summed E-state index contributed by atoms with van der Waals surface area (Å²) in [7, 11) is 0. The van der Waals surface area contributed by atoms with Crippen molar-refractivity contribution in [1.29, 1.82) is 0 Å². The lowest BCUT2D eigenvalue weighted by Crippen LogP contribution is -2.26. The molecule has 1 aromatic carbocycles. The summed E-state index contributed by atoms with van der Waals surface area (Å²) in [4.78, 5) is 11.9. The van der Waals surface area contributed by atoms with Gasteiger partial charge in [0.25, 0.3) is 5.91 Å². The molecule has 0 radical (unpaired) electrons. The van der Waals surface area contributed by atoms with Gasteiger partial charge in [-0.1, -0.05) is 6.07 Å². The van der Waals surface area contributed by atoms with Crippen molar-refractivity contribution in [2.24, 2.45) is 0 Å². The van der Waals surface area contributed by atoms with Gasteiger partial charge >= 0.3 is 0 Å². The molecule has 0 bridgehead atoms. The number of rotatable bonds is 3. The van der Waals surface area contributed by atoms with Crippen LogP contribution in [0.2, 0.25) is 0 Å². The molecule has 1 unspecified atom stereocenters. The van der Waals surface area contributed by atoms with Crippen LogP contribution < -0.4 is 5.32 Å². The van der Waals surface area contributed by atoms with Crippen molar-refractivity contribution in [3.8, 4) is 11.5 Å². The van der Waals surface area contributed by atoms with Gasteiger partial charge in [0.1, 0.15) is 0 Å². The van der Waals surface area contributed by atoms with E-state index in [9.17, 15) is 15.0 Å². The molecule has 0 saturated heterocycles. The third kappa shape index (κ3) is 2.46. The molecule has 0 spiro atoms. The van der Waals surface area contributed by atoms with Gasteiger partial charge in [-0.15, -0.1) is 0 Å². The van der Waals surface area contributed by atoms with E-state index in [1.807, 2.05) is 23.8 Å². The van der Waals surface area contributed by atoms with E-state index in [0.29, 0.717) is 0 Å². The van der Waals surface area contributed by atoms with Crippen molar-refractivity contribution in [2.75, 3.05) is 0 Å². The van der Waals surface area contributed by atoms with Gasteiger partial charge in [-0.3, -0.25) is 4.79 Å². The van der Waals surface area contributed by atoms with Crippen LogP contribution >= 0.6 is 11.3 Å². The first-order valence-electron chi connectivity index (χ1n) is 5.43. The van der Waals surface area contributed by atoms with Gasteiger partial charge in [-0.2, -0.15) is 11.3 Å². The van der Waals surface area contributed by atoms with Crippen LogP contribution in [-0.2, 0) is 0 Å². The van der Waals surface area contributed by atoms with Crippen molar-refractivity contribution < 1.29 is 15.0 Å². The van der Waals surface area contributed by atoms with E-state index < -0.39 is 11.7 Å². The topological polar surface area (TPSA) is 69.6 Å².